The molecule has 7 heteroatoms. The van der Waals surface area contributed by atoms with Crippen molar-refractivity contribution in [2.75, 3.05) is 23.0 Å². The summed E-state index contributed by atoms with van der Waals surface area (Å²) >= 11 is 1.63. The second-order valence-electron chi connectivity index (χ2n) is 10.5. The summed E-state index contributed by atoms with van der Waals surface area (Å²) < 4.78 is 0. The van der Waals surface area contributed by atoms with Crippen molar-refractivity contribution in [1.82, 2.24) is 4.90 Å². The Morgan fingerprint density at radius 3 is 2.06 bits per heavy atom. The van der Waals surface area contributed by atoms with Gasteiger partial charge in [0.2, 0.25) is 5.91 Å². The molecular weight excluding hydrogens is 470 g/mol. The van der Waals surface area contributed by atoms with Gasteiger partial charge in [0.05, 0.1) is 0 Å². The molecule has 0 unspecified atom stereocenters. The van der Waals surface area contributed by atoms with Crippen LogP contribution in [-0.4, -0.2) is 41.1 Å². The molecule has 1 saturated heterocycles. The van der Waals surface area contributed by atoms with Gasteiger partial charge in [-0.05, 0) is 66.3 Å². The molecule has 0 radical (unpaired) electrons. The van der Waals surface area contributed by atoms with Gasteiger partial charge >= 0.3 is 6.03 Å². The molecule has 1 spiro atoms. The molecule has 6 nitrogen and oxygen atoms in total. The average Bonchev–Trinajstić information content (AvgIpc) is 3.05. The number of thioether (sulfide) groups is 1. The summed E-state index contributed by atoms with van der Waals surface area (Å²) in [5.74, 6) is -0.159. The number of hydrogen-bond donors (Lipinski definition) is 1. The Labute approximate surface area is 218 Å². The third kappa shape index (κ3) is 4.77. The van der Waals surface area contributed by atoms with E-state index in [0.717, 1.165) is 45.9 Å². The fourth-order valence-corrected chi connectivity index (χ4v) is 5.97. The Morgan fingerprint density at radius 1 is 0.944 bits per heavy atom. The number of nitrogens with zero attached hydrogens (tertiary/aromatic N) is 2. The van der Waals surface area contributed by atoms with Crippen LogP contribution in [0, 0.1) is 0 Å². The largest absolute Gasteiger partial charge is 0.332 e. The fourth-order valence-electron chi connectivity index (χ4n) is 5.56. The van der Waals surface area contributed by atoms with Gasteiger partial charge in [0.1, 0.15) is 12.1 Å². The van der Waals surface area contributed by atoms with E-state index < -0.39 is 11.6 Å². The molecule has 36 heavy (non-hydrogen) atoms. The van der Waals surface area contributed by atoms with Crippen LogP contribution in [-0.2, 0) is 9.59 Å². The molecule has 1 heterocycles. The molecule has 0 bridgehead atoms. The maximum Gasteiger partial charge on any atom is 0.332 e. The maximum atomic E-state index is 13.8. The topological polar surface area (TPSA) is 69.7 Å². The zero-order valence-corrected chi connectivity index (χ0v) is 22.8. The molecule has 1 aliphatic carbocycles. The lowest BCUT2D eigenvalue weighted by Gasteiger charge is -2.38. The molecule has 2 aliphatic rings. The summed E-state index contributed by atoms with van der Waals surface area (Å²) in [6, 6.07) is 13.4. The summed E-state index contributed by atoms with van der Waals surface area (Å²) in [4.78, 5) is 44.8. The van der Waals surface area contributed by atoms with E-state index in [2.05, 4.69) is 33.0 Å². The maximum absolute atomic E-state index is 13.8. The number of carbonyl (C=O) groups is 3. The van der Waals surface area contributed by atoms with Gasteiger partial charge in [-0.2, -0.15) is 0 Å². The van der Waals surface area contributed by atoms with Gasteiger partial charge in [0.25, 0.3) is 5.91 Å². The van der Waals surface area contributed by atoms with Gasteiger partial charge < -0.3 is 5.32 Å². The Morgan fingerprint density at radius 2 is 1.53 bits per heavy atom. The van der Waals surface area contributed by atoms with Crippen LogP contribution in [0.5, 0.6) is 0 Å². The summed E-state index contributed by atoms with van der Waals surface area (Å²) in [6.45, 7) is 8.08. The van der Waals surface area contributed by atoms with Crippen LogP contribution in [0.3, 0.4) is 0 Å². The number of imide groups is 1. The fraction of sp³-hybridized carbons (Fsp3) is 0.483. The Kier molecular flexibility index (Phi) is 7.79. The quantitative estimate of drug-likeness (QED) is 0.332. The Bertz CT molecular complexity index is 1110. The van der Waals surface area contributed by atoms with Crippen molar-refractivity contribution in [2.45, 2.75) is 82.1 Å². The van der Waals surface area contributed by atoms with E-state index in [1.807, 2.05) is 48.7 Å². The van der Waals surface area contributed by atoms with E-state index in [-0.39, 0.29) is 30.2 Å². The van der Waals surface area contributed by atoms with Crippen molar-refractivity contribution in [3.8, 4) is 0 Å². The summed E-state index contributed by atoms with van der Waals surface area (Å²) in [6.07, 6.45) is 6.06. The van der Waals surface area contributed by atoms with Gasteiger partial charge in [-0.1, -0.05) is 65.2 Å². The van der Waals surface area contributed by atoms with E-state index in [0.29, 0.717) is 18.5 Å². The minimum absolute atomic E-state index is 0.222. The standard InChI is InChI=1S/C29H37N3O3S/c1-19(2)23-10-9-11-24(20(3)4)26(23)30-25(33)18-31-27(34)29(16-7-6-8-17-29)32(28(31)35)21-12-14-22(36-5)15-13-21/h9-15,19-20H,6-8,16-18H2,1-5H3,(H,30,33). The monoisotopic (exact) mass is 507 g/mol. The van der Waals surface area contributed by atoms with Crippen LogP contribution in [0.4, 0.5) is 16.2 Å². The zero-order chi connectivity index (χ0) is 26.0. The number of benzene rings is 2. The Balaban J connectivity index is 1.64. The third-order valence-electron chi connectivity index (χ3n) is 7.44. The molecule has 2 aromatic rings. The normalized spacial score (nSPS) is 17.5. The molecule has 1 saturated carbocycles. The molecule has 1 N–H and O–H groups in total. The van der Waals surface area contributed by atoms with E-state index >= 15 is 0 Å². The third-order valence-corrected chi connectivity index (χ3v) is 8.19. The number of urea groups is 1. The molecule has 192 valence electrons. The Hall–Kier alpha value is -2.80. The molecule has 4 rings (SSSR count). The van der Waals surface area contributed by atoms with Crippen molar-refractivity contribution in [3.63, 3.8) is 0 Å². The first kappa shape index (κ1) is 26.3. The molecule has 2 fully saturated rings. The molecule has 0 atom stereocenters. The number of carbonyl (C=O) groups excluding carboxylic acids is 3. The summed E-state index contributed by atoms with van der Waals surface area (Å²) in [7, 11) is 0. The van der Waals surface area contributed by atoms with Crippen molar-refractivity contribution in [2.24, 2.45) is 0 Å². The van der Waals surface area contributed by atoms with Gasteiger partial charge in [-0.25, -0.2) is 4.79 Å². The smallest absolute Gasteiger partial charge is 0.324 e. The van der Waals surface area contributed by atoms with E-state index in [1.165, 1.54) is 0 Å². The highest BCUT2D eigenvalue weighted by molar-refractivity contribution is 7.98. The molecule has 0 aromatic heterocycles. The highest BCUT2D eigenvalue weighted by Crippen LogP contribution is 2.43. The molecular formula is C29H37N3O3S. The van der Waals surface area contributed by atoms with Crippen molar-refractivity contribution >= 4 is 41.0 Å². The first-order chi connectivity index (χ1) is 17.2. The number of nitrogens with one attached hydrogen (secondary N) is 1. The van der Waals surface area contributed by atoms with Gasteiger partial charge in [0.15, 0.2) is 0 Å². The van der Waals surface area contributed by atoms with Crippen molar-refractivity contribution in [3.05, 3.63) is 53.6 Å². The van der Waals surface area contributed by atoms with Crippen LogP contribution >= 0.6 is 11.8 Å². The summed E-state index contributed by atoms with van der Waals surface area (Å²) in [5, 5.41) is 3.06. The van der Waals surface area contributed by atoms with Crippen LogP contribution in [0.1, 0.15) is 82.8 Å². The number of rotatable bonds is 7. The van der Waals surface area contributed by atoms with Crippen LogP contribution in [0.25, 0.3) is 0 Å². The molecule has 4 amide bonds. The minimum atomic E-state index is -0.907. The number of para-hydroxylation sites is 1. The van der Waals surface area contributed by atoms with Gasteiger partial charge in [-0.15, -0.1) is 11.8 Å². The second-order valence-corrected chi connectivity index (χ2v) is 11.3. The number of anilines is 2. The SMILES string of the molecule is CSc1ccc(N2C(=O)N(CC(=O)Nc3c(C(C)C)cccc3C(C)C)C(=O)C23CCCCC3)cc1. The van der Waals surface area contributed by atoms with Crippen LogP contribution < -0.4 is 10.2 Å². The van der Waals surface area contributed by atoms with Gasteiger partial charge in [0, 0.05) is 16.3 Å². The number of amides is 4. The lowest BCUT2D eigenvalue weighted by molar-refractivity contribution is -0.134. The van der Waals surface area contributed by atoms with Crippen LogP contribution in [0.15, 0.2) is 47.4 Å². The second kappa shape index (κ2) is 10.7. The zero-order valence-electron chi connectivity index (χ0n) is 22.0. The van der Waals surface area contributed by atoms with Crippen LogP contribution in [0.2, 0.25) is 0 Å². The predicted octanol–water partition coefficient (Wildman–Crippen LogP) is 6.77. The van der Waals surface area contributed by atoms with E-state index in [9.17, 15) is 14.4 Å². The molecule has 2 aromatic carbocycles. The summed E-state index contributed by atoms with van der Waals surface area (Å²) in [5.41, 5.74) is 2.70. The minimum Gasteiger partial charge on any atom is -0.324 e. The molecule has 1 aliphatic heterocycles. The predicted molar refractivity (Wildman–Crippen MR) is 147 cm³/mol. The first-order valence-corrected chi connectivity index (χ1v) is 14.1. The van der Waals surface area contributed by atoms with E-state index in [1.54, 1.807) is 16.7 Å². The van der Waals surface area contributed by atoms with E-state index in [4.69, 9.17) is 0 Å². The lowest BCUT2D eigenvalue weighted by atomic mass is 9.80. The van der Waals surface area contributed by atoms with Crippen molar-refractivity contribution in [1.29, 1.82) is 0 Å². The highest BCUT2D eigenvalue weighted by Gasteiger charge is 2.58. The first-order valence-electron chi connectivity index (χ1n) is 12.9. The number of hydrogen-bond acceptors (Lipinski definition) is 4. The van der Waals surface area contributed by atoms with Gasteiger partial charge in [-0.3, -0.25) is 19.4 Å². The average molecular weight is 508 g/mol. The van der Waals surface area contributed by atoms with Crippen molar-refractivity contribution < 1.29 is 14.4 Å². The highest BCUT2D eigenvalue weighted by atomic mass is 32.2. The lowest BCUT2D eigenvalue weighted by Crippen LogP contribution is -2.51.